The summed E-state index contributed by atoms with van der Waals surface area (Å²) in [6.45, 7) is 6.61. The molecule has 0 aromatic heterocycles. The number of nitrogens with zero attached hydrogens (tertiary/aromatic N) is 2. The number of amides is 1. The maximum absolute atomic E-state index is 13.0. The quantitative estimate of drug-likeness (QED) is 0.256. The molecule has 164 valence electrons. The van der Waals surface area contributed by atoms with Crippen LogP contribution in [0.25, 0.3) is 0 Å². The Labute approximate surface area is 185 Å². The van der Waals surface area contributed by atoms with E-state index in [1.165, 1.54) is 37.1 Å². The van der Waals surface area contributed by atoms with Crippen molar-refractivity contribution in [2.45, 2.75) is 59.3 Å². The first-order valence-corrected chi connectivity index (χ1v) is 11.2. The van der Waals surface area contributed by atoms with Crippen LogP contribution in [0.5, 0.6) is 5.75 Å². The number of carbonyl (C=O) groups excluding carboxylic acids is 2. The highest BCUT2D eigenvalue weighted by Crippen LogP contribution is 2.27. The van der Waals surface area contributed by atoms with E-state index in [1.54, 1.807) is 31.2 Å². The Morgan fingerprint density at radius 2 is 1.58 bits per heavy atom. The molecular formula is C26H32N2O3. The van der Waals surface area contributed by atoms with E-state index < -0.39 is 5.92 Å². The smallest absolute Gasteiger partial charge is 0.264 e. The lowest BCUT2D eigenvalue weighted by Gasteiger charge is -2.14. The molecule has 2 aromatic rings. The first-order valence-electron chi connectivity index (χ1n) is 11.2. The van der Waals surface area contributed by atoms with Crippen molar-refractivity contribution in [2.24, 2.45) is 11.0 Å². The fourth-order valence-corrected chi connectivity index (χ4v) is 3.69. The molecule has 0 saturated heterocycles. The zero-order valence-electron chi connectivity index (χ0n) is 18.8. The third-order valence-corrected chi connectivity index (χ3v) is 5.58. The lowest BCUT2D eigenvalue weighted by atomic mass is 9.93. The molecule has 0 bridgehead atoms. The molecule has 2 aromatic carbocycles. The van der Waals surface area contributed by atoms with Gasteiger partial charge in [0.15, 0.2) is 5.78 Å². The van der Waals surface area contributed by atoms with Crippen LogP contribution < -0.4 is 9.75 Å². The summed E-state index contributed by atoms with van der Waals surface area (Å²) in [5.41, 5.74) is 2.77. The van der Waals surface area contributed by atoms with Gasteiger partial charge in [-0.1, -0.05) is 56.7 Å². The van der Waals surface area contributed by atoms with Gasteiger partial charge in [0.1, 0.15) is 11.7 Å². The van der Waals surface area contributed by atoms with Crippen molar-refractivity contribution in [1.29, 1.82) is 0 Å². The van der Waals surface area contributed by atoms with Crippen LogP contribution in [-0.2, 0) is 4.79 Å². The number of Topliss-reactive ketones (excluding diaryl/α,β-unsaturated/α-hetero) is 1. The summed E-state index contributed by atoms with van der Waals surface area (Å²) in [5, 5.41) is 5.68. The SMILES string of the molecule is CCCCCCCCOc1ccc(C(=O)C2C(=O)N(c3ccc(C)cc3)N=C2C)cc1. The van der Waals surface area contributed by atoms with Crippen LogP contribution >= 0.6 is 0 Å². The number of hydrogen-bond acceptors (Lipinski definition) is 4. The van der Waals surface area contributed by atoms with Crippen LogP contribution in [0.4, 0.5) is 5.69 Å². The van der Waals surface area contributed by atoms with Crippen molar-refractivity contribution in [3.63, 3.8) is 0 Å². The molecule has 0 spiro atoms. The van der Waals surface area contributed by atoms with Gasteiger partial charge < -0.3 is 4.74 Å². The zero-order valence-corrected chi connectivity index (χ0v) is 18.8. The highest BCUT2D eigenvalue weighted by atomic mass is 16.5. The number of hydrazone groups is 1. The largest absolute Gasteiger partial charge is 0.494 e. The van der Waals surface area contributed by atoms with E-state index in [0.29, 0.717) is 23.6 Å². The van der Waals surface area contributed by atoms with Gasteiger partial charge in [0.05, 0.1) is 18.0 Å². The average Bonchev–Trinajstić information content (AvgIpc) is 3.07. The van der Waals surface area contributed by atoms with Crippen molar-refractivity contribution >= 4 is 23.1 Å². The van der Waals surface area contributed by atoms with Gasteiger partial charge >= 0.3 is 0 Å². The molecule has 0 aliphatic carbocycles. The topological polar surface area (TPSA) is 59.0 Å². The Balaban J connectivity index is 1.56. The second-order valence-electron chi connectivity index (χ2n) is 8.16. The van der Waals surface area contributed by atoms with E-state index in [0.717, 1.165) is 17.7 Å². The average molecular weight is 421 g/mol. The summed E-state index contributed by atoms with van der Waals surface area (Å²) in [6, 6.07) is 14.6. The molecule has 1 amide bonds. The van der Waals surface area contributed by atoms with Gasteiger partial charge in [-0.25, -0.2) is 0 Å². The van der Waals surface area contributed by atoms with Gasteiger partial charge in [-0.15, -0.1) is 0 Å². The summed E-state index contributed by atoms with van der Waals surface area (Å²) in [7, 11) is 0. The van der Waals surface area contributed by atoms with Crippen molar-refractivity contribution in [3.05, 3.63) is 59.7 Å². The second-order valence-corrected chi connectivity index (χ2v) is 8.16. The fraction of sp³-hybridized carbons (Fsp3) is 0.423. The summed E-state index contributed by atoms with van der Waals surface area (Å²) >= 11 is 0. The van der Waals surface area contributed by atoms with Crippen molar-refractivity contribution in [2.75, 3.05) is 11.6 Å². The number of aryl methyl sites for hydroxylation is 1. The van der Waals surface area contributed by atoms with Crippen LogP contribution in [-0.4, -0.2) is 24.0 Å². The molecule has 5 heteroatoms. The van der Waals surface area contributed by atoms with Gasteiger partial charge in [-0.2, -0.15) is 10.1 Å². The summed E-state index contributed by atoms with van der Waals surface area (Å²) < 4.78 is 5.79. The van der Waals surface area contributed by atoms with Gasteiger partial charge in [0, 0.05) is 5.56 Å². The molecule has 3 rings (SSSR count). The zero-order chi connectivity index (χ0) is 22.2. The third kappa shape index (κ3) is 5.81. The van der Waals surface area contributed by atoms with Gasteiger partial charge in [0.2, 0.25) is 0 Å². The Morgan fingerprint density at radius 3 is 2.26 bits per heavy atom. The van der Waals surface area contributed by atoms with Crippen LogP contribution in [0.15, 0.2) is 53.6 Å². The van der Waals surface area contributed by atoms with E-state index in [4.69, 9.17) is 4.74 Å². The van der Waals surface area contributed by atoms with E-state index in [1.807, 2.05) is 31.2 Å². The predicted molar refractivity (Wildman–Crippen MR) is 125 cm³/mol. The van der Waals surface area contributed by atoms with Crippen LogP contribution in [0.1, 0.15) is 68.3 Å². The third-order valence-electron chi connectivity index (χ3n) is 5.58. The molecule has 1 aliphatic heterocycles. The number of benzene rings is 2. The van der Waals surface area contributed by atoms with E-state index in [2.05, 4.69) is 12.0 Å². The Morgan fingerprint density at radius 1 is 0.935 bits per heavy atom. The summed E-state index contributed by atoms with van der Waals surface area (Å²) in [4.78, 5) is 25.9. The molecule has 0 N–H and O–H groups in total. The fourth-order valence-electron chi connectivity index (χ4n) is 3.69. The standard InChI is InChI=1S/C26H32N2O3/c1-4-5-6-7-8-9-18-31-23-16-12-21(13-17-23)25(29)24-20(3)27-28(26(24)30)22-14-10-19(2)11-15-22/h10-17,24H,4-9,18H2,1-3H3. The van der Waals surface area contributed by atoms with Crippen molar-refractivity contribution in [3.8, 4) is 5.75 Å². The van der Waals surface area contributed by atoms with E-state index in [-0.39, 0.29) is 11.7 Å². The molecule has 1 heterocycles. The van der Waals surface area contributed by atoms with Crippen molar-refractivity contribution < 1.29 is 14.3 Å². The van der Waals surface area contributed by atoms with Crippen LogP contribution in [0, 0.1) is 12.8 Å². The predicted octanol–water partition coefficient (Wildman–Crippen LogP) is 5.96. The summed E-state index contributed by atoms with van der Waals surface area (Å²) in [6.07, 6.45) is 7.30. The van der Waals surface area contributed by atoms with Crippen LogP contribution in [0.3, 0.4) is 0 Å². The lowest BCUT2D eigenvalue weighted by molar-refractivity contribution is -0.118. The first kappa shape index (κ1) is 22.7. The summed E-state index contributed by atoms with van der Waals surface area (Å²) in [5.74, 6) is -0.677. The normalized spacial score (nSPS) is 15.8. The number of anilines is 1. The number of carbonyl (C=O) groups is 2. The molecule has 31 heavy (non-hydrogen) atoms. The maximum Gasteiger partial charge on any atom is 0.264 e. The molecule has 0 radical (unpaired) electrons. The number of ether oxygens (including phenoxy) is 1. The number of rotatable bonds is 11. The van der Waals surface area contributed by atoms with Gasteiger partial charge in [0.25, 0.3) is 5.91 Å². The lowest BCUT2D eigenvalue weighted by Crippen LogP contribution is -2.32. The van der Waals surface area contributed by atoms with Crippen molar-refractivity contribution in [1.82, 2.24) is 0 Å². The molecule has 1 atom stereocenters. The second kappa shape index (κ2) is 10.9. The van der Waals surface area contributed by atoms with Gasteiger partial charge in [-0.05, 0) is 56.7 Å². The first-order chi connectivity index (χ1) is 15.0. The molecule has 0 fully saturated rings. The monoisotopic (exact) mass is 420 g/mol. The Hall–Kier alpha value is -2.95. The number of hydrogen-bond donors (Lipinski definition) is 0. The Bertz CT molecular complexity index is 917. The minimum Gasteiger partial charge on any atom is -0.494 e. The molecule has 0 saturated carbocycles. The Kier molecular flexibility index (Phi) is 7.99. The van der Waals surface area contributed by atoms with Crippen LogP contribution in [0.2, 0.25) is 0 Å². The molecule has 5 nitrogen and oxygen atoms in total. The molecule has 1 unspecified atom stereocenters. The highest BCUT2D eigenvalue weighted by Gasteiger charge is 2.39. The molecular weight excluding hydrogens is 388 g/mol. The highest BCUT2D eigenvalue weighted by molar-refractivity contribution is 6.30. The van der Waals surface area contributed by atoms with E-state index in [9.17, 15) is 9.59 Å². The van der Waals surface area contributed by atoms with E-state index >= 15 is 0 Å². The minimum absolute atomic E-state index is 0.233. The molecule has 1 aliphatic rings. The number of ketones is 1. The van der Waals surface area contributed by atoms with Gasteiger partial charge in [-0.3, -0.25) is 9.59 Å². The maximum atomic E-state index is 13.0. The minimum atomic E-state index is -0.879. The number of unbranched alkanes of at least 4 members (excludes halogenated alkanes) is 5.